The van der Waals surface area contributed by atoms with Crippen molar-refractivity contribution in [2.24, 2.45) is 5.92 Å². The van der Waals surface area contributed by atoms with Gasteiger partial charge < -0.3 is 10.2 Å². The van der Waals surface area contributed by atoms with E-state index in [4.69, 9.17) is 9.97 Å². The number of fused-ring (bicyclic) bond motifs is 3. The summed E-state index contributed by atoms with van der Waals surface area (Å²) in [6.07, 6.45) is 6.88. The maximum atomic E-state index is 12.3. The summed E-state index contributed by atoms with van der Waals surface area (Å²) in [4.78, 5) is 30.9. The third-order valence-electron chi connectivity index (χ3n) is 5.45. The lowest BCUT2D eigenvalue weighted by Gasteiger charge is -2.24. The fourth-order valence-electron chi connectivity index (χ4n) is 3.94. The van der Waals surface area contributed by atoms with Crippen molar-refractivity contribution in [1.82, 2.24) is 20.3 Å². The summed E-state index contributed by atoms with van der Waals surface area (Å²) < 4.78 is 0. The molecule has 1 aliphatic carbocycles. The lowest BCUT2D eigenvalue weighted by Crippen LogP contribution is -2.37. The topological polar surface area (TPSA) is 71.0 Å². The molecule has 0 unspecified atom stereocenters. The Labute approximate surface area is 175 Å². The Morgan fingerprint density at radius 3 is 2.93 bits per heavy atom. The highest BCUT2D eigenvalue weighted by Crippen LogP contribution is 2.41. The molecule has 3 aromatic heterocycles. The Bertz CT molecular complexity index is 1020. The molecular formula is C22H27N5OS. The summed E-state index contributed by atoms with van der Waals surface area (Å²) in [6, 6.07) is 3.88. The number of carbonyl (C=O) groups excluding carboxylic acids is 1. The predicted molar refractivity (Wildman–Crippen MR) is 118 cm³/mol. The molecule has 6 nitrogen and oxygen atoms in total. The van der Waals surface area contributed by atoms with Crippen LogP contribution in [0.15, 0.2) is 24.5 Å². The van der Waals surface area contributed by atoms with Gasteiger partial charge in [0.2, 0.25) is 5.91 Å². The first kappa shape index (κ1) is 19.8. The Balaban J connectivity index is 1.88. The van der Waals surface area contributed by atoms with E-state index in [0.29, 0.717) is 31.4 Å². The minimum Gasteiger partial charge on any atom is -0.355 e. The summed E-state index contributed by atoms with van der Waals surface area (Å²) in [5.74, 6) is 2.25. The van der Waals surface area contributed by atoms with Crippen LogP contribution in [0.5, 0.6) is 0 Å². The molecule has 0 aliphatic heterocycles. The van der Waals surface area contributed by atoms with E-state index >= 15 is 0 Å². The van der Waals surface area contributed by atoms with Crippen LogP contribution in [-0.2, 0) is 17.6 Å². The fourth-order valence-corrected chi connectivity index (χ4v) is 5.32. The second kappa shape index (κ2) is 8.45. The van der Waals surface area contributed by atoms with Crippen LogP contribution in [0, 0.1) is 5.92 Å². The van der Waals surface area contributed by atoms with Crippen LogP contribution < -0.4 is 10.2 Å². The molecule has 4 rings (SSSR count). The zero-order valence-electron chi connectivity index (χ0n) is 17.2. The minimum absolute atomic E-state index is 0.0155. The maximum Gasteiger partial charge on any atom is 0.239 e. The van der Waals surface area contributed by atoms with Crippen molar-refractivity contribution >= 4 is 33.3 Å². The second-order valence-corrected chi connectivity index (χ2v) is 8.70. The predicted octanol–water partition coefficient (Wildman–Crippen LogP) is 3.84. The van der Waals surface area contributed by atoms with Crippen LogP contribution in [0.4, 0.5) is 5.82 Å². The molecule has 0 spiro atoms. The first-order valence-corrected chi connectivity index (χ1v) is 11.2. The standard InChI is InChI=1S/C22H27N5OS/c1-4-24-18(28)13-27(5-2)21-19-16-9-8-14(3)11-17(16)29-22(19)26-20(25-21)15-7-6-10-23-12-15/h6-7,10,12,14H,4-5,8-9,11,13H2,1-3H3,(H,24,28)/t14-/m0/s1. The van der Waals surface area contributed by atoms with E-state index < -0.39 is 0 Å². The first-order chi connectivity index (χ1) is 14.1. The third kappa shape index (κ3) is 3.96. The molecule has 0 saturated carbocycles. The van der Waals surface area contributed by atoms with Crippen LogP contribution in [-0.4, -0.2) is 40.5 Å². The molecule has 1 N–H and O–H groups in total. The van der Waals surface area contributed by atoms with Gasteiger partial charge in [0.15, 0.2) is 5.82 Å². The number of hydrogen-bond acceptors (Lipinski definition) is 6. The van der Waals surface area contributed by atoms with Gasteiger partial charge in [-0.1, -0.05) is 6.92 Å². The molecule has 0 aromatic carbocycles. The van der Waals surface area contributed by atoms with Gasteiger partial charge in [-0.2, -0.15) is 0 Å². The quantitative estimate of drug-likeness (QED) is 0.670. The number of aromatic nitrogens is 3. The summed E-state index contributed by atoms with van der Waals surface area (Å²) in [5.41, 5.74) is 2.27. The van der Waals surface area contributed by atoms with Crippen molar-refractivity contribution in [3.63, 3.8) is 0 Å². The monoisotopic (exact) mass is 409 g/mol. The summed E-state index contributed by atoms with van der Waals surface area (Å²) in [5, 5.41) is 4.04. The molecular weight excluding hydrogens is 382 g/mol. The number of pyridine rings is 1. The number of anilines is 1. The van der Waals surface area contributed by atoms with E-state index in [-0.39, 0.29) is 5.91 Å². The Morgan fingerprint density at radius 2 is 2.21 bits per heavy atom. The summed E-state index contributed by atoms with van der Waals surface area (Å²) >= 11 is 1.78. The van der Waals surface area contributed by atoms with Gasteiger partial charge in [-0.05, 0) is 56.7 Å². The second-order valence-electron chi connectivity index (χ2n) is 7.61. The summed E-state index contributed by atoms with van der Waals surface area (Å²) in [6.45, 7) is 7.95. The van der Waals surface area contributed by atoms with Crippen molar-refractivity contribution in [1.29, 1.82) is 0 Å². The third-order valence-corrected chi connectivity index (χ3v) is 6.59. The number of carbonyl (C=O) groups is 1. The number of nitrogens with one attached hydrogen (secondary N) is 1. The van der Waals surface area contributed by atoms with E-state index in [9.17, 15) is 4.79 Å². The molecule has 152 valence electrons. The number of likely N-dealkylation sites (N-methyl/N-ethyl adjacent to an activating group) is 2. The number of nitrogens with zero attached hydrogens (tertiary/aromatic N) is 4. The van der Waals surface area contributed by atoms with Gasteiger partial charge in [0.25, 0.3) is 0 Å². The number of thiophene rings is 1. The highest BCUT2D eigenvalue weighted by molar-refractivity contribution is 7.19. The van der Waals surface area contributed by atoms with Gasteiger partial charge in [-0.25, -0.2) is 9.97 Å². The average Bonchev–Trinajstić information content (AvgIpc) is 3.09. The Kier molecular flexibility index (Phi) is 5.76. The van der Waals surface area contributed by atoms with E-state index in [1.165, 1.54) is 16.9 Å². The lowest BCUT2D eigenvalue weighted by molar-refractivity contribution is -0.119. The van der Waals surface area contributed by atoms with E-state index in [1.807, 2.05) is 19.1 Å². The van der Waals surface area contributed by atoms with Crippen LogP contribution in [0.3, 0.4) is 0 Å². The molecule has 3 aromatic rings. The molecule has 1 atom stereocenters. The maximum absolute atomic E-state index is 12.3. The van der Waals surface area contributed by atoms with Crippen molar-refractivity contribution in [2.75, 3.05) is 24.5 Å². The smallest absolute Gasteiger partial charge is 0.239 e. The van der Waals surface area contributed by atoms with Crippen LogP contribution in [0.25, 0.3) is 21.6 Å². The largest absolute Gasteiger partial charge is 0.355 e. The van der Waals surface area contributed by atoms with Gasteiger partial charge in [0.05, 0.1) is 11.9 Å². The number of amides is 1. The number of aryl methyl sites for hydroxylation is 1. The molecule has 1 amide bonds. The normalized spacial score (nSPS) is 15.9. The van der Waals surface area contributed by atoms with Crippen molar-refractivity contribution < 1.29 is 4.79 Å². The fraction of sp³-hybridized carbons (Fsp3) is 0.455. The SMILES string of the molecule is CCNC(=O)CN(CC)c1nc(-c2cccnc2)nc2sc3c(c12)CC[C@H](C)C3. The highest BCUT2D eigenvalue weighted by Gasteiger charge is 2.26. The zero-order chi connectivity index (χ0) is 20.4. The number of hydrogen-bond donors (Lipinski definition) is 1. The molecule has 7 heteroatoms. The molecule has 0 saturated heterocycles. The zero-order valence-corrected chi connectivity index (χ0v) is 18.1. The Morgan fingerprint density at radius 1 is 1.34 bits per heavy atom. The molecule has 0 radical (unpaired) electrons. The van der Waals surface area contributed by atoms with Gasteiger partial charge in [-0.15, -0.1) is 11.3 Å². The van der Waals surface area contributed by atoms with Crippen LogP contribution in [0.1, 0.15) is 37.6 Å². The van der Waals surface area contributed by atoms with Crippen molar-refractivity contribution in [3.8, 4) is 11.4 Å². The average molecular weight is 410 g/mol. The molecule has 0 fully saturated rings. The first-order valence-electron chi connectivity index (χ1n) is 10.3. The molecule has 0 bridgehead atoms. The highest BCUT2D eigenvalue weighted by atomic mass is 32.1. The molecule has 3 heterocycles. The molecule has 29 heavy (non-hydrogen) atoms. The van der Waals surface area contributed by atoms with Crippen LogP contribution in [0.2, 0.25) is 0 Å². The van der Waals surface area contributed by atoms with Gasteiger partial charge in [0.1, 0.15) is 10.6 Å². The Hall–Kier alpha value is -2.54. The molecule has 1 aliphatic rings. The van der Waals surface area contributed by atoms with E-state index in [1.54, 1.807) is 23.7 Å². The van der Waals surface area contributed by atoms with Gasteiger partial charge >= 0.3 is 0 Å². The van der Waals surface area contributed by atoms with Crippen LogP contribution >= 0.6 is 11.3 Å². The summed E-state index contributed by atoms with van der Waals surface area (Å²) in [7, 11) is 0. The van der Waals surface area contributed by atoms with Gasteiger partial charge in [-0.3, -0.25) is 9.78 Å². The van der Waals surface area contributed by atoms with E-state index in [0.717, 1.165) is 34.4 Å². The minimum atomic E-state index is 0.0155. The van der Waals surface area contributed by atoms with Crippen molar-refractivity contribution in [2.45, 2.75) is 40.0 Å². The van der Waals surface area contributed by atoms with E-state index in [2.05, 4.69) is 29.0 Å². The lowest BCUT2D eigenvalue weighted by atomic mass is 9.89. The number of rotatable bonds is 6. The van der Waals surface area contributed by atoms with Crippen molar-refractivity contribution in [3.05, 3.63) is 35.0 Å². The van der Waals surface area contributed by atoms with Gasteiger partial charge in [0, 0.05) is 35.9 Å².